The average molecular weight is 323 g/mol. The van der Waals surface area contributed by atoms with E-state index < -0.39 is 0 Å². The molecule has 4 heteroatoms. The van der Waals surface area contributed by atoms with Gasteiger partial charge in [0, 0.05) is 18.0 Å². The summed E-state index contributed by atoms with van der Waals surface area (Å²) in [5.41, 5.74) is 2.95. The SMILES string of the molecule is CC[C@H](C)NC(=O)c1ccc2c(c1)C[C@@H](c1ccccc1)OC2=O. The number of ether oxygens (including phenoxy) is 1. The number of hydrogen-bond donors (Lipinski definition) is 1. The Morgan fingerprint density at radius 2 is 2.00 bits per heavy atom. The third-order valence-corrected chi connectivity index (χ3v) is 4.40. The van der Waals surface area contributed by atoms with Crippen LogP contribution < -0.4 is 5.32 Å². The molecule has 0 aromatic heterocycles. The second-order valence-electron chi connectivity index (χ2n) is 6.16. The molecule has 2 aromatic rings. The number of esters is 1. The molecular weight excluding hydrogens is 302 g/mol. The van der Waals surface area contributed by atoms with Gasteiger partial charge >= 0.3 is 5.97 Å². The van der Waals surface area contributed by atoms with Crippen LogP contribution in [0.25, 0.3) is 0 Å². The predicted molar refractivity (Wildman–Crippen MR) is 92.0 cm³/mol. The molecule has 0 fully saturated rings. The van der Waals surface area contributed by atoms with Gasteiger partial charge in [0.05, 0.1) is 5.56 Å². The maximum Gasteiger partial charge on any atom is 0.339 e. The van der Waals surface area contributed by atoms with Crippen LogP contribution in [0.2, 0.25) is 0 Å². The van der Waals surface area contributed by atoms with E-state index in [0.29, 0.717) is 17.5 Å². The normalized spacial score (nSPS) is 17.6. The molecule has 24 heavy (non-hydrogen) atoms. The van der Waals surface area contributed by atoms with Crippen LogP contribution in [0.5, 0.6) is 0 Å². The van der Waals surface area contributed by atoms with Crippen molar-refractivity contribution >= 4 is 11.9 Å². The van der Waals surface area contributed by atoms with Crippen molar-refractivity contribution in [1.82, 2.24) is 5.32 Å². The number of amides is 1. The molecule has 1 amide bonds. The van der Waals surface area contributed by atoms with Crippen molar-refractivity contribution in [3.8, 4) is 0 Å². The van der Waals surface area contributed by atoms with Crippen LogP contribution in [-0.4, -0.2) is 17.9 Å². The van der Waals surface area contributed by atoms with E-state index in [0.717, 1.165) is 17.5 Å². The fourth-order valence-electron chi connectivity index (χ4n) is 2.80. The van der Waals surface area contributed by atoms with E-state index in [9.17, 15) is 9.59 Å². The highest BCUT2D eigenvalue weighted by Gasteiger charge is 2.28. The quantitative estimate of drug-likeness (QED) is 0.874. The Morgan fingerprint density at radius 3 is 2.71 bits per heavy atom. The number of rotatable bonds is 4. The van der Waals surface area contributed by atoms with E-state index in [4.69, 9.17) is 4.74 Å². The summed E-state index contributed by atoms with van der Waals surface area (Å²) >= 11 is 0. The third kappa shape index (κ3) is 3.32. The Kier molecular flexibility index (Phi) is 4.65. The monoisotopic (exact) mass is 323 g/mol. The molecule has 0 aliphatic carbocycles. The molecule has 1 N–H and O–H groups in total. The molecule has 0 saturated carbocycles. The Morgan fingerprint density at radius 1 is 1.25 bits per heavy atom. The van der Waals surface area contributed by atoms with Gasteiger partial charge in [-0.1, -0.05) is 37.3 Å². The second kappa shape index (κ2) is 6.87. The van der Waals surface area contributed by atoms with E-state index >= 15 is 0 Å². The fraction of sp³-hybridized carbons (Fsp3) is 0.300. The maximum atomic E-state index is 12.3. The topological polar surface area (TPSA) is 55.4 Å². The van der Waals surface area contributed by atoms with Crippen LogP contribution in [0.1, 0.15) is 58.2 Å². The summed E-state index contributed by atoms with van der Waals surface area (Å²) < 4.78 is 5.54. The minimum atomic E-state index is -0.334. The van der Waals surface area contributed by atoms with Crippen molar-refractivity contribution < 1.29 is 14.3 Å². The van der Waals surface area contributed by atoms with E-state index in [-0.39, 0.29) is 24.0 Å². The first-order valence-electron chi connectivity index (χ1n) is 8.28. The number of cyclic esters (lactones) is 1. The number of nitrogens with one attached hydrogen (secondary N) is 1. The van der Waals surface area contributed by atoms with Gasteiger partial charge in [-0.15, -0.1) is 0 Å². The number of carbonyl (C=O) groups excluding carboxylic acids is 2. The van der Waals surface area contributed by atoms with Gasteiger partial charge < -0.3 is 10.1 Å². The lowest BCUT2D eigenvalue weighted by molar-refractivity contribution is 0.0252. The number of hydrogen-bond acceptors (Lipinski definition) is 3. The first kappa shape index (κ1) is 16.2. The number of fused-ring (bicyclic) bond motifs is 1. The van der Waals surface area contributed by atoms with Crippen molar-refractivity contribution in [2.75, 3.05) is 0 Å². The van der Waals surface area contributed by atoms with Gasteiger partial charge in [-0.3, -0.25) is 4.79 Å². The molecule has 0 spiro atoms. The first-order valence-corrected chi connectivity index (χ1v) is 8.28. The summed E-state index contributed by atoms with van der Waals surface area (Å²) in [6, 6.07) is 15.0. The Labute approximate surface area is 141 Å². The number of carbonyl (C=O) groups is 2. The molecule has 0 bridgehead atoms. The lowest BCUT2D eigenvalue weighted by Gasteiger charge is -2.25. The molecule has 1 heterocycles. The van der Waals surface area contributed by atoms with Gasteiger partial charge in [0.2, 0.25) is 0 Å². The van der Waals surface area contributed by atoms with E-state index in [2.05, 4.69) is 5.32 Å². The minimum Gasteiger partial charge on any atom is -0.454 e. The van der Waals surface area contributed by atoms with E-state index in [1.165, 1.54) is 0 Å². The zero-order valence-electron chi connectivity index (χ0n) is 13.9. The molecule has 0 unspecified atom stereocenters. The van der Waals surface area contributed by atoms with Crippen LogP contribution in [0.4, 0.5) is 0 Å². The first-order chi connectivity index (χ1) is 11.6. The van der Waals surface area contributed by atoms with Gasteiger partial charge in [-0.25, -0.2) is 4.79 Å². The van der Waals surface area contributed by atoms with Crippen LogP contribution in [-0.2, 0) is 11.2 Å². The summed E-state index contributed by atoms with van der Waals surface area (Å²) in [6.07, 6.45) is 1.15. The van der Waals surface area contributed by atoms with Gasteiger partial charge in [-0.05, 0) is 42.7 Å². The van der Waals surface area contributed by atoms with Crippen molar-refractivity contribution in [3.63, 3.8) is 0 Å². The molecule has 4 nitrogen and oxygen atoms in total. The Bertz CT molecular complexity index is 755. The lowest BCUT2D eigenvalue weighted by atomic mass is 9.93. The third-order valence-electron chi connectivity index (χ3n) is 4.40. The minimum absolute atomic E-state index is 0.109. The van der Waals surface area contributed by atoms with Crippen LogP contribution in [0.3, 0.4) is 0 Å². The molecule has 124 valence electrons. The van der Waals surface area contributed by atoms with Crippen molar-refractivity contribution in [3.05, 3.63) is 70.8 Å². The van der Waals surface area contributed by atoms with Crippen molar-refractivity contribution in [2.45, 2.75) is 38.8 Å². The molecule has 3 rings (SSSR count). The van der Waals surface area contributed by atoms with Crippen LogP contribution in [0, 0.1) is 0 Å². The summed E-state index contributed by atoms with van der Waals surface area (Å²) in [4.78, 5) is 24.6. The maximum absolute atomic E-state index is 12.3. The molecule has 1 aliphatic heterocycles. The molecule has 0 radical (unpaired) electrons. The zero-order chi connectivity index (χ0) is 17.1. The fourth-order valence-corrected chi connectivity index (χ4v) is 2.80. The summed E-state index contributed by atoms with van der Waals surface area (Å²) in [5, 5.41) is 2.95. The van der Waals surface area contributed by atoms with E-state index in [1.807, 2.05) is 50.2 Å². The smallest absolute Gasteiger partial charge is 0.339 e. The van der Waals surface area contributed by atoms with Gasteiger partial charge in [-0.2, -0.15) is 0 Å². The lowest BCUT2D eigenvalue weighted by Crippen LogP contribution is -2.32. The largest absolute Gasteiger partial charge is 0.454 e. The Balaban J connectivity index is 1.86. The second-order valence-corrected chi connectivity index (χ2v) is 6.16. The Hall–Kier alpha value is -2.62. The summed E-state index contributed by atoms with van der Waals surface area (Å²) in [7, 11) is 0. The highest BCUT2D eigenvalue weighted by Crippen LogP contribution is 2.31. The van der Waals surface area contributed by atoms with Crippen LogP contribution in [0.15, 0.2) is 48.5 Å². The molecule has 0 saturated heterocycles. The zero-order valence-corrected chi connectivity index (χ0v) is 13.9. The predicted octanol–water partition coefficient (Wildman–Crippen LogP) is 3.67. The van der Waals surface area contributed by atoms with Crippen molar-refractivity contribution in [1.29, 1.82) is 0 Å². The standard InChI is InChI=1S/C20H21NO3/c1-3-13(2)21-19(22)15-9-10-17-16(11-15)12-18(24-20(17)23)14-7-5-4-6-8-14/h4-11,13,18H,3,12H2,1-2H3,(H,21,22)/t13-,18-/m0/s1. The number of benzene rings is 2. The van der Waals surface area contributed by atoms with Crippen LogP contribution >= 0.6 is 0 Å². The molecule has 1 aliphatic rings. The van der Waals surface area contributed by atoms with Gasteiger partial charge in [0.15, 0.2) is 0 Å². The van der Waals surface area contributed by atoms with Crippen molar-refractivity contribution in [2.24, 2.45) is 0 Å². The van der Waals surface area contributed by atoms with Gasteiger partial charge in [0.1, 0.15) is 6.10 Å². The highest BCUT2D eigenvalue weighted by atomic mass is 16.5. The van der Waals surface area contributed by atoms with Gasteiger partial charge in [0.25, 0.3) is 5.91 Å². The molecule has 2 atom stereocenters. The molecule has 2 aromatic carbocycles. The van der Waals surface area contributed by atoms with E-state index in [1.54, 1.807) is 12.1 Å². The summed E-state index contributed by atoms with van der Waals surface area (Å²) in [6.45, 7) is 4.00. The summed E-state index contributed by atoms with van der Waals surface area (Å²) in [5.74, 6) is -0.443. The average Bonchev–Trinajstić information content (AvgIpc) is 2.61. The molecular formula is C20H21NO3. The highest BCUT2D eigenvalue weighted by molar-refractivity contribution is 5.97.